The lowest BCUT2D eigenvalue weighted by atomic mass is 10.0. The first kappa shape index (κ1) is 17.7. The molecular formula is C21H24N2OS. The molecule has 2 aromatic carbocycles. The Balaban J connectivity index is 2.09. The van der Waals surface area contributed by atoms with Gasteiger partial charge < -0.3 is 4.90 Å². The molecule has 1 atom stereocenters. The van der Waals surface area contributed by atoms with Gasteiger partial charge in [-0.05, 0) is 6.07 Å². The molecule has 130 valence electrons. The summed E-state index contributed by atoms with van der Waals surface area (Å²) >= 11 is 1.78. The number of carbonyl (C=O) groups is 1. The van der Waals surface area contributed by atoms with Crippen LogP contribution in [0.1, 0.15) is 31.9 Å². The van der Waals surface area contributed by atoms with E-state index in [1.165, 1.54) is 0 Å². The number of nitrogens with zero attached hydrogens (tertiary/aromatic N) is 2. The maximum Gasteiger partial charge on any atom is 0.252 e. The number of para-hydroxylation sites is 1. The van der Waals surface area contributed by atoms with E-state index in [1.807, 2.05) is 49.5 Å². The van der Waals surface area contributed by atoms with Crippen LogP contribution in [-0.2, 0) is 4.79 Å². The van der Waals surface area contributed by atoms with Crippen LogP contribution in [0.5, 0.6) is 0 Å². The number of benzene rings is 2. The van der Waals surface area contributed by atoms with E-state index in [-0.39, 0.29) is 16.7 Å². The molecule has 0 saturated heterocycles. The average Bonchev–Trinajstić information content (AvgIpc) is 2.70. The van der Waals surface area contributed by atoms with Crippen molar-refractivity contribution in [2.45, 2.75) is 31.6 Å². The van der Waals surface area contributed by atoms with Gasteiger partial charge in [-0.15, -0.1) is 0 Å². The highest BCUT2D eigenvalue weighted by Gasteiger charge is 2.30. The summed E-state index contributed by atoms with van der Waals surface area (Å²) in [5.74, 6) is 0.729. The molecule has 1 aliphatic rings. The Kier molecular flexibility index (Phi) is 5.00. The standard InChI is InChI=1S/C21H24N2OS/c1-21(2,3)25-14-17-20(24)23(4)18-13-9-8-12-16(18)19(22-17)15-10-6-5-7-11-15/h5-13,17H,14H2,1-4H3/t17-/m1/s1. The number of hydrogen-bond acceptors (Lipinski definition) is 3. The average molecular weight is 353 g/mol. The van der Waals surface area contributed by atoms with Crippen molar-refractivity contribution in [1.82, 2.24) is 0 Å². The van der Waals surface area contributed by atoms with Gasteiger partial charge in [-0.25, -0.2) is 0 Å². The van der Waals surface area contributed by atoms with Gasteiger partial charge in [-0.1, -0.05) is 69.3 Å². The minimum absolute atomic E-state index is 0.0510. The Labute approximate surface area is 154 Å². The summed E-state index contributed by atoms with van der Waals surface area (Å²) in [6, 6.07) is 17.8. The lowest BCUT2D eigenvalue weighted by Gasteiger charge is -2.23. The first-order valence-electron chi connectivity index (χ1n) is 8.51. The van der Waals surface area contributed by atoms with Crippen molar-refractivity contribution >= 4 is 29.1 Å². The molecule has 25 heavy (non-hydrogen) atoms. The first-order chi connectivity index (χ1) is 11.9. The maximum atomic E-state index is 13.0. The number of thioether (sulfide) groups is 1. The molecule has 0 bridgehead atoms. The lowest BCUT2D eigenvalue weighted by Crippen LogP contribution is -2.36. The molecular weight excluding hydrogens is 328 g/mol. The van der Waals surface area contributed by atoms with E-state index in [0.717, 1.165) is 22.5 Å². The van der Waals surface area contributed by atoms with E-state index >= 15 is 0 Å². The quantitative estimate of drug-likeness (QED) is 0.820. The number of benzodiazepines with no additional fused rings is 1. The van der Waals surface area contributed by atoms with Gasteiger partial charge in [0.15, 0.2) is 0 Å². The molecule has 0 fully saturated rings. The number of hydrogen-bond donors (Lipinski definition) is 0. The van der Waals surface area contributed by atoms with Gasteiger partial charge >= 0.3 is 0 Å². The number of aliphatic imine (C=N–C) groups is 1. The minimum atomic E-state index is -0.378. The van der Waals surface area contributed by atoms with Crippen LogP contribution >= 0.6 is 11.8 Å². The van der Waals surface area contributed by atoms with Gasteiger partial charge in [0.05, 0.1) is 11.4 Å². The molecule has 0 aromatic heterocycles. The molecule has 0 radical (unpaired) electrons. The topological polar surface area (TPSA) is 32.7 Å². The van der Waals surface area contributed by atoms with E-state index in [9.17, 15) is 4.79 Å². The summed E-state index contributed by atoms with van der Waals surface area (Å²) in [7, 11) is 1.85. The van der Waals surface area contributed by atoms with Crippen molar-refractivity contribution in [1.29, 1.82) is 0 Å². The summed E-state index contributed by atoms with van der Waals surface area (Å²) in [6.45, 7) is 6.50. The van der Waals surface area contributed by atoms with Crippen LogP contribution in [-0.4, -0.2) is 35.2 Å². The number of amides is 1. The fourth-order valence-electron chi connectivity index (χ4n) is 2.85. The van der Waals surface area contributed by atoms with Crippen molar-refractivity contribution in [3.8, 4) is 0 Å². The molecule has 0 N–H and O–H groups in total. The zero-order valence-corrected chi connectivity index (χ0v) is 16.0. The molecule has 0 unspecified atom stereocenters. The highest BCUT2D eigenvalue weighted by atomic mass is 32.2. The number of anilines is 1. The summed E-state index contributed by atoms with van der Waals surface area (Å²) in [4.78, 5) is 19.7. The van der Waals surface area contributed by atoms with Crippen LogP contribution in [0.25, 0.3) is 0 Å². The third-order valence-corrected chi connectivity index (χ3v) is 5.49. The summed E-state index contributed by atoms with van der Waals surface area (Å²) in [5, 5.41) is 0. The second-order valence-corrected chi connectivity index (χ2v) is 9.04. The third-order valence-electron chi connectivity index (χ3n) is 4.14. The zero-order chi connectivity index (χ0) is 18.0. The van der Waals surface area contributed by atoms with Gasteiger partial charge in [0.25, 0.3) is 5.91 Å². The Morgan fingerprint density at radius 1 is 1.04 bits per heavy atom. The monoisotopic (exact) mass is 352 g/mol. The number of rotatable bonds is 3. The Bertz CT molecular complexity index is 793. The van der Waals surface area contributed by atoms with Crippen molar-refractivity contribution < 1.29 is 4.79 Å². The van der Waals surface area contributed by atoms with Crippen LogP contribution in [0.2, 0.25) is 0 Å². The summed E-state index contributed by atoms with van der Waals surface area (Å²) in [5.41, 5.74) is 3.86. The molecule has 1 amide bonds. The Hall–Kier alpha value is -2.07. The van der Waals surface area contributed by atoms with E-state index in [2.05, 4.69) is 32.9 Å². The molecule has 0 aliphatic carbocycles. The lowest BCUT2D eigenvalue weighted by molar-refractivity contribution is -0.118. The van der Waals surface area contributed by atoms with E-state index in [1.54, 1.807) is 16.7 Å². The maximum absolute atomic E-state index is 13.0. The minimum Gasteiger partial charge on any atom is -0.313 e. The largest absolute Gasteiger partial charge is 0.313 e. The predicted molar refractivity (Wildman–Crippen MR) is 108 cm³/mol. The van der Waals surface area contributed by atoms with Crippen LogP contribution < -0.4 is 4.90 Å². The highest BCUT2D eigenvalue weighted by molar-refractivity contribution is 8.00. The molecule has 1 heterocycles. The van der Waals surface area contributed by atoms with Gasteiger partial charge in [-0.2, -0.15) is 11.8 Å². The molecule has 0 spiro atoms. The number of fused-ring (bicyclic) bond motifs is 1. The molecule has 4 heteroatoms. The van der Waals surface area contributed by atoms with Crippen LogP contribution in [0.4, 0.5) is 5.69 Å². The second kappa shape index (κ2) is 7.04. The van der Waals surface area contributed by atoms with Crippen LogP contribution in [0.3, 0.4) is 0 Å². The van der Waals surface area contributed by atoms with E-state index < -0.39 is 0 Å². The van der Waals surface area contributed by atoms with Gasteiger partial charge in [0, 0.05) is 28.7 Å². The smallest absolute Gasteiger partial charge is 0.252 e. The molecule has 3 rings (SSSR count). The fraction of sp³-hybridized carbons (Fsp3) is 0.333. The van der Waals surface area contributed by atoms with Crippen molar-refractivity contribution in [3.05, 3.63) is 65.7 Å². The summed E-state index contributed by atoms with van der Waals surface area (Å²) < 4.78 is 0.0977. The predicted octanol–water partition coefficient (Wildman–Crippen LogP) is 4.40. The number of carbonyl (C=O) groups excluding carboxylic acids is 1. The zero-order valence-electron chi connectivity index (χ0n) is 15.2. The molecule has 1 aliphatic heterocycles. The van der Waals surface area contributed by atoms with E-state index in [4.69, 9.17) is 4.99 Å². The molecule has 3 nitrogen and oxygen atoms in total. The fourth-order valence-corrected chi connectivity index (χ4v) is 3.73. The van der Waals surface area contributed by atoms with Crippen molar-refractivity contribution in [3.63, 3.8) is 0 Å². The van der Waals surface area contributed by atoms with E-state index in [0.29, 0.717) is 5.75 Å². The van der Waals surface area contributed by atoms with Crippen LogP contribution in [0.15, 0.2) is 59.6 Å². The van der Waals surface area contributed by atoms with Gasteiger partial charge in [0.2, 0.25) is 0 Å². The number of likely N-dealkylation sites (N-methyl/N-ethyl adjacent to an activating group) is 1. The second-order valence-electron chi connectivity index (χ2n) is 7.20. The third kappa shape index (κ3) is 3.96. The summed E-state index contributed by atoms with van der Waals surface area (Å²) in [6.07, 6.45) is 0. The SMILES string of the molecule is CN1C(=O)[C@@H](CSC(C)(C)C)N=C(c2ccccc2)c2ccccc21. The Morgan fingerprint density at radius 2 is 1.68 bits per heavy atom. The van der Waals surface area contributed by atoms with Gasteiger partial charge in [0.1, 0.15) is 6.04 Å². The normalized spacial score (nSPS) is 17.8. The van der Waals surface area contributed by atoms with Crippen molar-refractivity contribution in [2.75, 3.05) is 17.7 Å². The van der Waals surface area contributed by atoms with Gasteiger partial charge in [-0.3, -0.25) is 9.79 Å². The highest BCUT2D eigenvalue weighted by Crippen LogP contribution is 2.30. The Morgan fingerprint density at radius 3 is 2.36 bits per heavy atom. The van der Waals surface area contributed by atoms with Crippen LogP contribution in [0, 0.1) is 0 Å². The molecule has 2 aromatic rings. The first-order valence-corrected chi connectivity index (χ1v) is 9.49. The van der Waals surface area contributed by atoms with Crippen molar-refractivity contribution in [2.24, 2.45) is 4.99 Å². The molecule has 0 saturated carbocycles.